The Morgan fingerprint density at radius 1 is 1.33 bits per heavy atom. The Balaban J connectivity index is 2.66. The highest BCUT2D eigenvalue weighted by Crippen LogP contribution is 2.43. The van der Waals surface area contributed by atoms with E-state index in [1.807, 2.05) is 0 Å². The number of aliphatic hydroxyl groups excluding tert-OH is 1. The first-order valence-corrected chi connectivity index (χ1v) is 6.32. The summed E-state index contributed by atoms with van der Waals surface area (Å²) in [6.07, 6.45) is 4.68. The Kier molecular flexibility index (Phi) is 4.19. The third kappa shape index (κ3) is 2.94. The topological polar surface area (TPSA) is 32.3 Å². The van der Waals surface area contributed by atoms with E-state index in [-0.39, 0.29) is 12.1 Å². The lowest BCUT2D eigenvalue weighted by Gasteiger charge is -2.48. The molecule has 0 spiro atoms. The van der Waals surface area contributed by atoms with E-state index in [0.717, 1.165) is 19.4 Å². The molecule has 1 aliphatic rings. The van der Waals surface area contributed by atoms with E-state index in [9.17, 15) is 5.11 Å². The maximum atomic E-state index is 9.65. The van der Waals surface area contributed by atoms with Crippen LogP contribution in [0.1, 0.15) is 53.4 Å². The third-order valence-electron chi connectivity index (χ3n) is 4.06. The van der Waals surface area contributed by atoms with Crippen molar-refractivity contribution in [2.75, 3.05) is 13.2 Å². The lowest BCUT2D eigenvalue weighted by atomic mass is 9.64. The summed E-state index contributed by atoms with van der Waals surface area (Å²) >= 11 is 0. The van der Waals surface area contributed by atoms with E-state index in [4.69, 9.17) is 0 Å². The second kappa shape index (κ2) is 4.84. The predicted molar refractivity (Wildman–Crippen MR) is 64.9 cm³/mol. The van der Waals surface area contributed by atoms with Crippen molar-refractivity contribution in [3.8, 4) is 0 Å². The fourth-order valence-corrected chi connectivity index (χ4v) is 2.86. The monoisotopic (exact) mass is 213 g/mol. The Bertz CT molecular complexity index is 203. The second-order valence-corrected chi connectivity index (χ2v) is 6.01. The van der Waals surface area contributed by atoms with Gasteiger partial charge in [-0.1, -0.05) is 27.7 Å². The fraction of sp³-hybridized carbons (Fsp3) is 1.00. The Hall–Kier alpha value is -0.0800. The maximum absolute atomic E-state index is 9.65. The summed E-state index contributed by atoms with van der Waals surface area (Å²) in [5.41, 5.74) is 0.442. The molecule has 0 saturated heterocycles. The average molecular weight is 213 g/mol. The van der Waals surface area contributed by atoms with Crippen LogP contribution in [0.4, 0.5) is 0 Å². The summed E-state index contributed by atoms with van der Waals surface area (Å²) in [5.74, 6) is 0.567. The van der Waals surface area contributed by atoms with Crippen LogP contribution in [-0.2, 0) is 0 Å². The first-order valence-electron chi connectivity index (χ1n) is 6.32. The van der Waals surface area contributed by atoms with Crippen molar-refractivity contribution in [1.29, 1.82) is 0 Å². The molecule has 1 rings (SSSR count). The molecule has 2 unspecified atom stereocenters. The van der Waals surface area contributed by atoms with Gasteiger partial charge in [-0.2, -0.15) is 0 Å². The Morgan fingerprint density at radius 2 is 2.00 bits per heavy atom. The standard InChI is InChI=1S/C13H27NO/c1-5-8-14-13(10-15)7-6-12(3,4)9-11(13)2/h11,14-15H,5-10H2,1-4H3. The summed E-state index contributed by atoms with van der Waals surface area (Å²) in [4.78, 5) is 0. The smallest absolute Gasteiger partial charge is 0.0615 e. The largest absolute Gasteiger partial charge is 0.394 e. The lowest BCUT2D eigenvalue weighted by Crippen LogP contribution is -2.57. The minimum absolute atomic E-state index is 0.00840. The highest BCUT2D eigenvalue weighted by Gasteiger charge is 2.42. The molecular formula is C13H27NO. The normalized spacial score (nSPS) is 35.4. The zero-order valence-electron chi connectivity index (χ0n) is 10.8. The summed E-state index contributed by atoms with van der Waals surface area (Å²) in [7, 11) is 0. The van der Waals surface area contributed by atoms with E-state index in [0.29, 0.717) is 11.3 Å². The number of hydrogen-bond donors (Lipinski definition) is 2. The number of nitrogens with one attached hydrogen (secondary N) is 1. The van der Waals surface area contributed by atoms with Crippen LogP contribution < -0.4 is 5.32 Å². The van der Waals surface area contributed by atoms with Gasteiger partial charge in [-0.25, -0.2) is 0 Å². The molecule has 2 heteroatoms. The molecule has 0 amide bonds. The fourth-order valence-electron chi connectivity index (χ4n) is 2.86. The lowest BCUT2D eigenvalue weighted by molar-refractivity contribution is 0.0282. The molecule has 0 aromatic heterocycles. The van der Waals surface area contributed by atoms with Gasteiger partial charge in [0.25, 0.3) is 0 Å². The number of hydrogen-bond acceptors (Lipinski definition) is 2. The van der Waals surface area contributed by atoms with E-state index in [2.05, 4.69) is 33.0 Å². The van der Waals surface area contributed by atoms with E-state index < -0.39 is 0 Å². The van der Waals surface area contributed by atoms with Gasteiger partial charge in [0, 0.05) is 5.54 Å². The van der Waals surface area contributed by atoms with Gasteiger partial charge in [-0.05, 0) is 43.6 Å². The van der Waals surface area contributed by atoms with Gasteiger partial charge >= 0.3 is 0 Å². The van der Waals surface area contributed by atoms with Gasteiger partial charge in [0.2, 0.25) is 0 Å². The maximum Gasteiger partial charge on any atom is 0.0615 e. The van der Waals surface area contributed by atoms with Gasteiger partial charge in [-0.15, -0.1) is 0 Å². The SMILES string of the molecule is CCCNC1(CO)CCC(C)(C)CC1C. The molecule has 0 aromatic rings. The van der Waals surface area contributed by atoms with Crippen LogP contribution in [0.2, 0.25) is 0 Å². The van der Waals surface area contributed by atoms with Crippen molar-refractivity contribution in [1.82, 2.24) is 5.32 Å². The van der Waals surface area contributed by atoms with Gasteiger partial charge in [0.1, 0.15) is 0 Å². The van der Waals surface area contributed by atoms with Crippen molar-refractivity contribution in [3.05, 3.63) is 0 Å². The minimum atomic E-state index is -0.00840. The van der Waals surface area contributed by atoms with Crippen LogP contribution in [0, 0.1) is 11.3 Å². The van der Waals surface area contributed by atoms with Gasteiger partial charge < -0.3 is 10.4 Å². The van der Waals surface area contributed by atoms with Crippen LogP contribution >= 0.6 is 0 Å². The molecule has 1 saturated carbocycles. The quantitative estimate of drug-likeness (QED) is 0.752. The molecule has 90 valence electrons. The van der Waals surface area contributed by atoms with Crippen molar-refractivity contribution in [2.24, 2.45) is 11.3 Å². The van der Waals surface area contributed by atoms with Crippen LogP contribution in [0.15, 0.2) is 0 Å². The highest BCUT2D eigenvalue weighted by molar-refractivity contribution is 4.99. The van der Waals surface area contributed by atoms with Crippen LogP contribution in [-0.4, -0.2) is 23.8 Å². The van der Waals surface area contributed by atoms with E-state index in [1.54, 1.807) is 0 Å². The van der Waals surface area contributed by atoms with Gasteiger partial charge in [0.05, 0.1) is 6.61 Å². The summed E-state index contributed by atoms with van der Waals surface area (Å²) in [6.45, 7) is 10.4. The molecule has 2 N–H and O–H groups in total. The average Bonchev–Trinajstić information content (AvgIpc) is 2.17. The van der Waals surface area contributed by atoms with Crippen LogP contribution in [0.25, 0.3) is 0 Å². The van der Waals surface area contributed by atoms with E-state index >= 15 is 0 Å². The zero-order chi connectivity index (χ0) is 11.5. The molecular weight excluding hydrogens is 186 g/mol. The first kappa shape index (κ1) is 13.0. The summed E-state index contributed by atoms with van der Waals surface area (Å²) < 4.78 is 0. The molecule has 0 bridgehead atoms. The van der Waals surface area contributed by atoms with E-state index in [1.165, 1.54) is 12.8 Å². The molecule has 0 heterocycles. The molecule has 0 aliphatic heterocycles. The number of aliphatic hydroxyl groups is 1. The highest BCUT2D eigenvalue weighted by atomic mass is 16.3. The minimum Gasteiger partial charge on any atom is -0.394 e. The Labute approximate surface area is 94.5 Å². The van der Waals surface area contributed by atoms with Crippen molar-refractivity contribution in [2.45, 2.75) is 58.9 Å². The van der Waals surface area contributed by atoms with Crippen LogP contribution in [0.3, 0.4) is 0 Å². The van der Waals surface area contributed by atoms with Crippen molar-refractivity contribution >= 4 is 0 Å². The molecule has 2 nitrogen and oxygen atoms in total. The van der Waals surface area contributed by atoms with Crippen molar-refractivity contribution < 1.29 is 5.11 Å². The van der Waals surface area contributed by atoms with Gasteiger partial charge in [0.15, 0.2) is 0 Å². The third-order valence-corrected chi connectivity index (χ3v) is 4.06. The van der Waals surface area contributed by atoms with Crippen LogP contribution in [0.5, 0.6) is 0 Å². The first-order chi connectivity index (χ1) is 6.96. The van der Waals surface area contributed by atoms with Crippen molar-refractivity contribution in [3.63, 3.8) is 0 Å². The molecule has 1 aliphatic carbocycles. The molecule has 2 atom stereocenters. The zero-order valence-corrected chi connectivity index (χ0v) is 10.8. The molecule has 0 aromatic carbocycles. The molecule has 1 fully saturated rings. The number of rotatable bonds is 4. The summed E-state index contributed by atoms with van der Waals surface area (Å²) in [6, 6.07) is 0. The Morgan fingerprint density at radius 3 is 2.47 bits per heavy atom. The van der Waals surface area contributed by atoms with Gasteiger partial charge in [-0.3, -0.25) is 0 Å². The predicted octanol–water partition coefficient (Wildman–Crippen LogP) is 2.56. The second-order valence-electron chi connectivity index (χ2n) is 6.01. The summed E-state index contributed by atoms with van der Waals surface area (Å²) in [5, 5.41) is 13.2. The molecule has 15 heavy (non-hydrogen) atoms. The molecule has 0 radical (unpaired) electrons.